The Morgan fingerprint density at radius 2 is 2.06 bits per heavy atom. The van der Waals surface area contributed by atoms with E-state index in [-0.39, 0.29) is 12.1 Å². The second-order valence-electron chi connectivity index (χ2n) is 3.21. The van der Waals surface area contributed by atoms with Gasteiger partial charge in [0.2, 0.25) is 0 Å². The van der Waals surface area contributed by atoms with Crippen LogP contribution in [0.1, 0.15) is 0 Å². The topological polar surface area (TPSA) is 47.8 Å². The number of aryl methyl sites for hydroxylation is 1. The first-order chi connectivity index (χ1) is 7.81. The highest BCUT2D eigenvalue weighted by atomic mass is 19.1. The van der Waals surface area contributed by atoms with Crippen LogP contribution in [0, 0.1) is 0 Å². The average molecular weight is 219 g/mol. The normalized spacial score (nSPS) is 10.3. The van der Waals surface area contributed by atoms with Crippen LogP contribution in [0.2, 0.25) is 0 Å². The molecule has 0 saturated heterocycles. The Kier molecular flexibility index (Phi) is 3.05. The zero-order valence-corrected chi connectivity index (χ0v) is 8.51. The van der Waals surface area contributed by atoms with Gasteiger partial charge >= 0.3 is 0 Å². The maximum absolute atomic E-state index is 12.1. The van der Waals surface area contributed by atoms with Gasteiger partial charge in [-0.25, -0.2) is 14.4 Å². The molecule has 16 heavy (non-hydrogen) atoms. The van der Waals surface area contributed by atoms with Crippen LogP contribution in [0.25, 0.3) is 11.4 Å². The summed E-state index contributed by atoms with van der Waals surface area (Å²) in [4.78, 5) is 19.6. The van der Waals surface area contributed by atoms with Gasteiger partial charge in [0, 0.05) is 30.2 Å². The van der Waals surface area contributed by atoms with E-state index < -0.39 is 6.67 Å². The quantitative estimate of drug-likeness (QED) is 0.781. The van der Waals surface area contributed by atoms with Gasteiger partial charge < -0.3 is 4.57 Å². The minimum Gasteiger partial charge on any atom is -0.313 e. The summed E-state index contributed by atoms with van der Waals surface area (Å²) < 4.78 is 13.4. The molecule has 0 unspecified atom stereocenters. The van der Waals surface area contributed by atoms with Gasteiger partial charge in [0.1, 0.15) is 6.67 Å². The van der Waals surface area contributed by atoms with Crippen molar-refractivity contribution in [3.63, 3.8) is 0 Å². The largest absolute Gasteiger partial charge is 0.313 e. The molecule has 0 bridgehead atoms. The van der Waals surface area contributed by atoms with E-state index in [1.807, 2.05) is 0 Å². The van der Waals surface area contributed by atoms with Crippen molar-refractivity contribution < 1.29 is 4.39 Å². The number of hydrogen-bond acceptors (Lipinski definition) is 3. The minimum atomic E-state index is -0.554. The summed E-state index contributed by atoms with van der Waals surface area (Å²) in [6.07, 6.45) is 4.76. The number of pyridine rings is 1. The highest BCUT2D eigenvalue weighted by molar-refractivity contribution is 5.52. The number of halogens is 1. The van der Waals surface area contributed by atoms with E-state index in [1.165, 1.54) is 10.6 Å². The molecule has 82 valence electrons. The van der Waals surface area contributed by atoms with E-state index in [4.69, 9.17) is 0 Å². The third-order valence-corrected chi connectivity index (χ3v) is 2.15. The molecule has 4 nitrogen and oxygen atoms in total. The van der Waals surface area contributed by atoms with Crippen LogP contribution in [0.3, 0.4) is 0 Å². The van der Waals surface area contributed by atoms with Gasteiger partial charge in [-0.2, -0.15) is 0 Å². The molecule has 0 spiro atoms. The summed E-state index contributed by atoms with van der Waals surface area (Å²) in [6, 6.07) is 4.81. The zero-order valence-electron chi connectivity index (χ0n) is 8.51. The third kappa shape index (κ3) is 2.13. The summed E-state index contributed by atoms with van der Waals surface area (Å²) >= 11 is 0. The SMILES string of the molecule is O=c1cc(-c2ncccn2)ccn1CCF. The molecular weight excluding hydrogens is 209 g/mol. The molecule has 5 heteroatoms. The van der Waals surface area contributed by atoms with E-state index in [9.17, 15) is 9.18 Å². The standard InChI is InChI=1S/C11H10FN3O/c12-3-7-15-6-2-9(8-10(15)16)11-13-4-1-5-14-11/h1-2,4-6,8H,3,7H2. The highest BCUT2D eigenvalue weighted by Crippen LogP contribution is 2.09. The van der Waals surface area contributed by atoms with Crippen LogP contribution < -0.4 is 5.56 Å². The van der Waals surface area contributed by atoms with Crippen molar-refractivity contribution in [2.75, 3.05) is 6.67 Å². The van der Waals surface area contributed by atoms with E-state index in [1.54, 1.807) is 30.7 Å². The van der Waals surface area contributed by atoms with Gasteiger partial charge in [-0.3, -0.25) is 4.79 Å². The zero-order chi connectivity index (χ0) is 11.4. The Balaban J connectivity index is 2.39. The Morgan fingerprint density at radius 1 is 1.31 bits per heavy atom. The fraction of sp³-hybridized carbons (Fsp3) is 0.182. The number of nitrogens with zero attached hydrogens (tertiary/aromatic N) is 3. The maximum atomic E-state index is 12.1. The number of rotatable bonds is 3. The van der Waals surface area contributed by atoms with Crippen LogP contribution >= 0.6 is 0 Å². The number of hydrogen-bond donors (Lipinski definition) is 0. The summed E-state index contributed by atoms with van der Waals surface area (Å²) in [7, 11) is 0. The Hall–Kier alpha value is -2.04. The summed E-state index contributed by atoms with van der Waals surface area (Å²) in [5, 5.41) is 0. The predicted octanol–water partition coefficient (Wildman–Crippen LogP) is 1.27. The van der Waals surface area contributed by atoms with Crippen LogP contribution in [-0.2, 0) is 6.54 Å². The molecular formula is C11H10FN3O. The van der Waals surface area contributed by atoms with E-state index in [0.29, 0.717) is 11.4 Å². The van der Waals surface area contributed by atoms with Crippen LogP contribution in [-0.4, -0.2) is 21.2 Å². The Bertz CT molecular complexity index is 524. The van der Waals surface area contributed by atoms with Crippen molar-refractivity contribution in [2.24, 2.45) is 0 Å². The molecule has 2 heterocycles. The molecule has 0 aliphatic carbocycles. The number of alkyl halides is 1. The minimum absolute atomic E-state index is 0.0781. The molecule has 0 saturated carbocycles. The second kappa shape index (κ2) is 4.65. The second-order valence-corrected chi connectivity index (χ2v) is 3.21. The van der Waals surface area contributed by atoms with E-state index in [0.717, 1.165) is 0 Å². The first-order valence-electron chi connectivity index (χ1n) is 4.85. The lowest BCUT2D eigenvalue weighted by Gasteiger charge is -2.03. The van der Waals surface area contributed by atoms with Crippen molar-refractivity contribution in [3.8, 4) is 11.4 Å². The lowest BCUT2D eigenvalue weighted by molar-refractivity contribution is 0.440. The highest BCUT2D eigenvalue weighted by Gasteiger charge is 2.02. The maximum Gasteiger partial charge on any atom is 0.251 e. The molecule has 0 atom stereocenters. The van der Waals surface area contributed by atoms with Gasteiger partial charge in [-0.15, -0.1) is 0 Å². The van der Waals surface area contributed by atoms with Gasteiger partial charge in [-0.1, -0.05) is 0 Å². The van der Waals surface area contributed by atoms with Crippen LogP contribution in [0.5, 0.6) is 0 Å². The van der Waals surface area contributed by atoms with Gasteiger partial charge in [-0.05, 0) is 12.1 Å². The molecule has 2 aromatic rings. The predicted molar refractivity (Wildman–Crippen MR) is 57.7 cm³/mol. The molecule has 0 aliphatic rings. The van der Waals surface area contributed by atoms with Crippen molar-refractivity contribution in [1.29, 1.82) is 0 Å². The molecule has 0 aliphatic heterocycles. The summed E-state index contributed by atoms with van der Waals surface area (Å²) in [5.41, 5.74) is 0.392. The molecule has 0 aromatic carbocycles. The van der Waals surface area contributed by atoms with E-state index >= 15 is 0 Å². The molecule has 0 amide bonds. The molecule has 2 rings (SSSR count). The Labute approximate surface area is 91.4 Å². The van der Waals surface area contributed by atoms with Crippen LogP contribution in [0.4, 0.5) is 4.39 Å². The van der Waals surface area contributed by atoms with Crippen LogP contribution in [0.15, 0.2) is 41.6 Å². The fourth-order valence-corrected chi connectivity index (χ4v) is 1.37. The van der Waals surface area contributed by atoms with Gasteiger partial charge in [0.25, 0.3) is 5.56 Å². The van der Waals surface area contributed by atoms with Crippen molar-refractivity contribution in [3.05, 3.63) is 47.1 Å². The smallest absolute Gasteiger partial charge is 0.251 e. The first-order valence-corrected chi connectivity index (χ1v) is 4.85. The van der Waals surface area contributed by atoms with Gasteiger partial charge in [0.15, 0.2) is 5.82 Å². The molecule has 0 fully saturated rings. The monoisotopic (exact) mass is 219 g/mol. The van der Waals surface area contributed by atoms with Crippen molar-refractivity contribution in [1.82, 2.24) is 14.5 Å². The Morgan fingerprint density at radius 3 is 2.69 bits per heavy atom. The molecule has 2 aromatic heterocycles. The first kappa shape index (κ1) is 10.5. The summed E-state index contributed by atoms with van der Waals surface area (Å²) in [5.74, 6) is 0.493. The van der Waals surface area contributed by atoms with Crippen molar-refractivity contribution in [2.45, 2.75) is 6.54 Å². The number of aromatic nitrogens is 3. The van der Waals surface area contributed by atoms with E-state index in [2.05, 4.69) is 9.97 Å². The third-order valence-electron chi connectivity index (χ3n) is 2.15. The lowest BCUT2D eigenvalue weighted by Crippen LogP contribution is -2.19. The molecule has 0 N–H and O–H groups in total. The summed E-state index contributed by atoms with van der Waals surface area (Å²) in [6.45, 7) is -0.476. The molecule has 0 radical (unpaired) electrons. The lowest BCUT2D eigenvalue weighted by atomic mass is 10.2. The van der Waals surface area contributed by atoms with Crippen molar-refractivity contribution >= 4 is 0 Å². The average Bonchev–Trinajstić information content (AvgIpc) is 2.33. The van der Waals surface area contributed by atoms with Gasteiger partial charge in [0.05, 0.1) is 6.54 Å². The fourth-order valence-electron chi connectivity index (χ4n) is 1.37.